The highest BCUT2D eigenvalue weighted by molar-refractivity contribution is 5.34. The summed E-state index contributed by atoms with van der Waals surface area (Å²) in [6.45, 7) is 4.39. The quantitative estimate of drug-likeness (QED) is 0.655. The molecule has 0 amide bonds. The Hall–Kier alpha value is -2.52. The molecule has 0 aliphatic heterocycles. The number of hydrogen-bond donors (Lipinski definition) is 2. The summed E-state index contributed by atoms with van der Waals surface area (Å²) in [7, 11) is 0. The second-order valence-electron chi connectivity index (χ2n) is 5.25. The van der Waals surface area contributed by atoms with Crippen molar-refractivity contribution < 1.29 is 0 Å². The molecule has 2 aromatic carbocycles. The van der Waals surface area contributed by atoms with Gasteiger partial charge in [0, 0.05) is 23.7 Å². The van der Waals surface area contributed by atoms with E-state index in [1.807, 2.05) is 60.7 Å². The van der Waals surface area contributed by atoms with Crippen molar-refractivity contribution in [3.63, 3.8) is 0 Å². The van der Waals surface area contributed by atoms with Crippen LogP contribution in [0.1, 0.15) is 18.1 Å². The summed E-state index contributed by atoms with van der Waals surface area (Å²) < 4.78 is 0. The van der Waals surface area contributed by atoms with Crippen LogP contribution in [-0.2, 0) is 0 Å². The van der Waals surface area contributed by atoms with E-state index in [4.69, 9.17) is 0 Å². The molecule has 1 atom stereocenters. The zero-order valence-corrected chi connectivity index (χ0v) is 13.5. The zero-order valence-electron chi connectivity index (χ0n) is 13.5. The lowest BCUT2D eigenvalue weighted by Crippen LogP contribution is -2.36. The largest absolute Gasteiger partial charge is 0.305 e. The van der Waals surface area contributed by atoms with Gasteiger partial charge in [0.2, 0.25) is 0 Å². The first-order chi connectivity index (χ1) is 11.3. The van der Waals surface area contributed by atoms with Gasteiger partial charge in [-0.25, -0.2) is 0 Å². The third-order valence-corrected chi connectivity index (χ3v) is 3.22. The van der Waals surface area contributed by atoms with Gasteiger partial charge in [0.05, 0.1) is 13.1 Å². The van der Waals surface area contributed by atoms with E-state index >= 15 is 0 Å². The van der Waals surface area contributed by atoms with Gasteiger partial charge in [0.1, 0.15) is 0 Å². The molecule has 0 fully saturated rings. The molecule has 0 heterocycles. The van der Waals surface area contributed by atoms with Gasteiger partial charge in [-0.1, -0.05) is 60.1 Å². The molecule has 0 saturated heterocycles. The molecule has 0 aliphatic carbocycles. The Morgan fingerprint density at radius 3 is 1.87 bits per heavy atom. The van der Waals surface area contributed by atoms with Gasteiger partial charge in [-0.2, -0.15) is 0 Å². The maximum Gasteiger partial charge on any atom is 0.0582 e. The van der Waals surface area contributed by atoms with Crippen LogP contribution in [-0.4, -0.2) is 25.7 Å². The summed E-state index contributed by atoms with van der Waals surface area (Å²) in [6, 6.07) is 20.4. The second kappa shape index (κ2) is 10.2. The van der Waals surface area contributed by atoms with Crippen molar-refractivity contribution in [3.8, 4) is 23.7 Å². The Morgan fingerprint density at radius 1 is 0.783 bits per heavy atom. The number of hydrogen-bond acceptors (Lipinski definition) is 2. The molecular weight excluding hydrogens is 280 g/mol. The van der Waals surface area contributed by atoms with Crippen LogP contribution in [0.2, 0.25) is 0 Å². The molecule has 0 radical (unpaired) electrons. The summed E-state index contributed by atoms with van der Waals surface area (Å²) in [4.78, 5) is 0. The predicted octanol–water partition coefficient (Wildman–Crippen LogP) is 2.66. The first kappa shape index (κ1) is 16.8. The van der Waals surface area contributed by atoms with E-state index < -0.39 is 0 Å². The standard InChI is InChI=1S/C21H22N2/c1-19(23-17-9-15-21-12-6-3-7-13-21)18-22-16-8-14-20-10-4-2-5-11-20/h2-7,10-13,19,22-23H,16-18H2,1H3. The Morgan fingerprint density at radius 2 is 1.30 bits per heavy atom. The van der Waals surface area contributed by atoms with Crippen molar-refractivity contribution in [2.45, 2.75) is 13.0 Å². The Kier molecular flexibility index (Phi) is 7.50. The lowest BCUT2D eigenvalue weighted by atomic mass is 10.2. The fourth-order valence-corrected chi connectivity index (χ4v) is 1.98. The Bertz CT molecular complexity index is 685. The van der Waals surface area contributed by atoms with Crippen molar-refractivity contribution >= 4 is 0 Å². The van der Waals surface area contributed by atoms with E-state index in [1.165, 1.54) is 0 Å². The van der Waals surface area contributed by atoms with Gasteiger partial charge in [0.25, 0.3) is 0 Å². The molecule has 2 heteroatoms. The van der Waals surface area contributed by atoms with Crippen LogP contribution >= 0.6 is 0 Å². The molecular formula is C21H22N2. The minimum Gasteiger partial charge on any atom is -0.305 e. The molecule has 23 heavy (non-hydrogen) atoms. The lowest BCUT2D eigenvalue weighted by molar-refractivity contribution is 0.545. The highest BCUT2D eigenvalue weighted by Gasteiger charge is 1.97. The van der Waals surface area contributed by atoms with Crippen LogP contribution in [0, 0.1) is 23.7 Å². The molecule has 0 bridgehead atoms. The predicted molar refractivity (Wildman–Crippen MR) is 97.0 cm³/mol. The van der Waals surface area contributed by atoms with Gasteiger partial charge in [-0.3, -0.25) is 0 Å². The first-order valence-corrected chi connectivity index (χ1v) is 7.86. The number of nitrogens with one attached hydrogen (secondary N) is 2. The van der Waals surface area contributed by atoms with Gasteiger partial charge in [-0.15, -0.1) is 0 Å². The highest BCUT2D eigenvalue weighted by Crippen LogP contribution is 1.95. The van der Waals surface area contributed by atoms with Gasteiger partial charge < -0.3 is 10.6 Å². The van der Waals surface area contributed by atoms with Gasteiger partial charge in [0.15, 0.2) is 0 Å². The average Bonchev–Trinajstić information content (AvgIpc) is 2.60. The third kappa shape index (κ3) is 7.34. The summed E-state index contributed by atoms with van der Waals surface area (Å²) in [5.74, 6) is 12.5. The third-order valence-electron chi connectivity index (χ3n) is 3.22. The van der Waals surface area contributed by atoms with Crippen LogP contribution in [0.3, 0.4) is 0 Å². The summed E-state index contributed by atoms with van der Waals surface area (Å²) >= 11 is 0. The fraction of sp³-hybridized carbons (Fsp3) is 0.238. The Labute approximate surface area is 139 Å². The molecule has 1 unspecified atom stereocenters. The Balaban J connectivity index is 1.60. The van der Waals surface area contributed by atoms with Crippen LogP contribution in [0.4, 0.5) is 0 Å². The fourth-order valence-electron chi connectivity index (χ4n) is 1.98. The highest BCUT2D eigenvalue weighted by atomic mass is 15.0. The number of benzene rings is 2. The van der Waals surface area contributed by atoms with Crippen molar-refractivity contribution in [1.82, 2.24) is 10.6 Å². The molecule has 0 saturated carbocycles. The SMILES string of the molecule is CC(CNCC#Cc1ccccc1)NCC#Cc1ccccc1. The molecule has 2 aromatic rings. The monoisotopic (exact) mass is 302 g/mol. The van der Waals surface area contributed by atoms with E-state index in [0.29, 0.717) is 19.1 Å². The smallest absolute Gasteiger partial charge is 0.0582 e. The average molecular weight is 302 g/mol. The van der Waals surface area contributed by atoms with E-state index in [0.717, 1.165) is 17.7 Å². The van der Waals surface area contributed by atoms with Crippen molar-refractivity contribution in [3.05, 3.63) is 71.8 Å². The van der Waals surface area contributed by atoms with E-state index in [1.54, 1.807) is 0 Å². The molecule has 2 nitrogen and oxygen atoms in total. The molecule has 116 valence electrons. The minimum absolute atomic E-state index is 0.360. The van der Waals surface area contributed by atoms with Gasteiger partial charge >= 0.3 is 0 Å². The van der Waals surface area contributed by atoms with E-state index in [9.17, 15) is 0 Å². The molecule has 2 rings (SSSR count). The van der Waals surface area contributed by atoms with Crippen LogP contribution < -0.4 is 10.6 Å². The minimum atomic E-state index is 0.360. The summed E-state index contributed by atoms with van der Waals surface area (Å²) in [6.07, 6.45) is 0. The topological polar surface area (TPSA) is 24.1 Å². The second-order valence-corrected chi connectivity index (χ2v) is 5.25. The van der Waals surface area contributed by atoms with Crippen molar-refractivity contribution in [2.75, 3.05) is 19.6 Å². The molecule has 0 spiro atoms. The first-order valence-electron chi connectivity index (χ1n) is 7.86. The van der Waals surface area contributed by atoms with Crippen LogP contribution in [0.15, 0.2) is 60.7 Å². The van der Waals surface area contributed by atoms with E-state index in [-0.39, 0.29) is 0 Å². The maximum atomic E-state index is 3.38. The van der Waals surface area contributed by atoms with Crippen LogP contribution in [0.5, 0.6) is 0 Å². The molecule has 0 aromatic heterocycles. The number of rotatable bonds is 5. The zero-order chi connectivity index (χ0) is 16.2. The van der Waals surface area contributed by atoms with Crippen molar-refractivity contribution in [2.24, 2.45) is 0 Å². The maximum absolute atomic E-state index is 3.38. The summed E-state index contributed by atoms with van der Waals surface area (Å²) in [5.41, 5.74) is 2.10. The molecule has 0 aliphatic rings. The van der Waals surface area contributed by atoms with Crippen LogP contribution in [0.25, 0.3) is 0 Å². The summed E-state index contributed by atoms with van der Waals surface area (Å²) in [5, 5.41) is 6.71. The van der Waals surface area contributed by atoms with Gasteiger partial charge in [-0.05, 0) is 31.2 Å². The normalized spacial score (nSPS) is 10.8. The molecule has 2 N–H and O–H groups in total. The lowest BCUT2D eigenvalue weighted by Gasteiger charge is -2.11. The van der Waals surface area contributed by atoms with Crippen molar-refractivity contribution in [1.29, 1.82) is 0 Å². The van der Waals surface area contributed by atoms with E-state index in [2.05, 4.69) is 41.2 Å².